The summed E-state index contributed by atoms with van der Waals surface area (Å²) < 4.78 is 5.23. The number of nitrogens with one attached hydrogen (secondary N) is 2. The fraction of sp³-hybridized carbons (Fsp3) is 0.417. The molecular formula is C24H32N3O3+. The van der Waals surface area contributed by atoms with E-state index in [9.17, 15) is 9.59 Å². The topological polar surface area (TPSA) is 63.1 Å². The van der Waals surface area contributed by atoms with Gasteiger partial charge in [0.05, 0.1) is 33.7 Å². The maximum Gasteiger partial charge on any atom is 0.225 e. The number of likely N-dealkylation sites (N-methyl/N-ethyl adjacent to an activating group) is 1. The smallest absolute Gasteiger partial charge is 0.225 e. The van der Waals surface area contributed by atoms with E-state index in [1.165, 1.54) is 10.5 Å². The van der Waals surface area contributed by atoms with Gasteiger partial charge in [-0.15, -0.1) is 0 Å². The van der Waals surface area contributed by atoms with Crippen LogP contribution in [0.4, 0.5) is 0 Å². The summed E-state index contributed by atoms with van der Waals surface area (Å²) >= 11 is 0. The molecule has 0 saturated carbocycles. The highest BCUT2D eigenvalue weighted by molar-refractivity contribution is 5.89. The van der Waals surface area contributed by atoms with Crippen LogP contribution in [-0.4, -0.2) is 51.0 Å². The number of aryl methyl sites for hydroxylation is 1. The van der Waals surface area contributed by atoms with E-state index in [2.05, 4.69) is 19.4 Å². The zero-order valence-electron chi connectivity index (χ0n) is 18.3. The molecule has 0 unspecified atom stereocenters. The number of amides is 2. The third-order valence-electron chi connectivity index (χ3n) is 5.77. The molecule has 2 aromatic carbocycles. The van der Waals surface area contributed by atoms with Gasteiger partial charge in [-0.25, -0.2) is 0 Å². The second-order valence-electron chi connectivity index (χ2n) is 8.31. The molecule has 0 spiro atoms. The predicted octanol–water partition coefficient (Wildman–Crippen LogP) is 1.35. The molecular weight excluding hydrogens is 378 g/mol. The molecule has 2 atom stereocenters. The van der Waals surface area contributed by atoms with Crippen molar-refractivity contribution in [3.63, 3.8) is 0 Å². The van der Waals surface area contributed by atoms with Crippen molar-refractivity contribution in [2.45, 2.75) is 25.9 Å². The van der Waals surface area contributed by atoms with Gasteiger partial charge >= 0.3 is 0 Å². The zero-order chi connectivity index (χ0) is 21.7. The molecule has 1 heterocycles. The number of likely N-dealkylation sites (tertiary alicyclic amines) is 1. The van der Waals surface area contributed by atoms with Gasteiger partial charge < -0.3 is 19.9 Å². The summed E-state index contributed by atoms with van der Waals surface area (Å²) in [5.74, 6) is 0.514. The lowest BCUT2D eigenvalue weighted by Crippen LogP contribution is -3.07. The van der Waals surface area contributed by atoms with Crippen molar-refractivity contribution in [1.82, 2.24) is 10.2 Å². The normalized spacial score (nSPS) is 17.3. The summed E-state index contributed by atoms with van der Waals surface area (Å²) in [6.07, 6.45) is 0.277. The lowest BCUT2D eigenvalue weighted by Gasteiger charge is -2.23. The first-order valence-corrected chi connectivity index (χ1v) is 10.4. The van der Waals surface area contributed by atoms with Gasteiger partial charge in [-0.3, -0.25) is 9.59 Å². The number of nitrogens with zero attached hydrogens (tertiary/aromatic N) is 1. The standard InChI is InChI=1S/C24H31N3O3/c1-17-5-7-18(8-6-17)15-27-16-20(13-23(27)28)24(29)25-14-22(26(2)3)19-9-11-21(30-4)12-10-19/h5-12,20,22H,13-16H2,1-4H3,(H,25,29)/p+1/t20-,22-/m1/s1. The Kier molecular flexibility index (Phi) is 7.11. The number of hydrogen-bond acceptors (Lipinski definition) is 3. The summed E-state index contributed by atoms with van der Waals surface area (Å²) in [5, 5.41) is 3.08. The Hall–Kier alpha value is -2.86. The second-order valence-corrected chi connectivity index (χ2v) is 8.31. The second kappa shape index (κ2) is 9.76. The summed E-state index contributed by atoms with van der Waals surface area (Å²) in [6, 6.07) is 16.2. The van der Waals surface area contributed by atoms with Crippen LogP contribution in [-0.2, 0) is 16.1 Å². The van der Waals surface area contributed by atoms with Crippen molar-refractivity contribution < 1.29 is 19.2 Å². The van der Waals surface area contributed by atoms with Crippen molar-refractivity contribution >= 4 is 11.8 Å². The minimum absolute atomic E-state index is 0.0423. The SMILES string of the molecule is COc1ccc([C@@H](CNC(=O)[C@@H]2CC(=O)N(Cc3ccc(C)cc3)C2)[NH+](C)C)cc1. The molecule has 2 amide bonds. The Morgan fingerprint density at radius 3 is 2.43 bits per heavy atom. The molecule has 0 radical (unpaired) electrons. The van der Waals surface area contributed by atoms with Crippen molar-refractivity contribution in [2.75, 3.05) is 34.3 Å². The minimum Gasteiger partial charge on any atom is -0.497 e. The quantitative estimate of drug-likeness (QED) is 0.691. The Bertz CT molecular complexity index is 862. The van der Waals surface area contributed by atoms with Crippen LogP contribution < -0.4 is 15.0 Å². The van der Waals surface area contributed by atoms with Crippen molar-refractivity contribution in [2.24, 2.45) is 5.92 Å². The number of methoxy groups -OCH3 is 1. The first kappa shape index (κ1) is 21.8. The number of carbonyl (C=O) groups excluding carboxylic acids is 2. The van der Waals surface area contributed by atoms with Crippen LogP contribution in [0.25, 0.3) is 0 Å². The zero-order valence-corrected chi connectivity index (χ0v) is 18.3. The van der Waals surface area contributed by atoms with Crippen LogP contribution in [0.15, 0.2) is 48.5 Å². The van der Waals surface area contributed by atoms with Crippen LogP contribution in [0.2, 0.25) is 0 Å². The van der Waals surface area contributed by atoms with Gasteiger partial charge in [0.25, 0.3) is 0 Å². The molecule has 0 bridgehead atoms. The molecule has 1 aliphatic rings. The Labute approximate surface area is 178 Å². The van der Waals surface area contributed by atoms with E-state index in [0.29, 0.717) is 19.6 Å². The van der Waals surface area contributed by atoms with E-state index in [4.69, 9.17) is 4.74 Å². The number of hydrogen-bond donors (Lipinski definition) is 2. The molecule has 3 rings (SSSR count). The van der Waals surface area contributed by atoms with E-state index in [1.54, 1.807) is 12.0 Å². The van der Waals surface area contributed by atoms with Crippen molar-refractivity contribution in [3.05, 3.63) is 65.2 Å². The van der Waals surface area contributed by atoms with E-state index in [-0.39, 0.29) is 30.2 Å². The molecule has 160 valence electrons. The van der Waals surface area contributed by atoms with E-state index in [0.717, 1.165) is 16.9 Å². The van der Waals surface area contributed by atoms with Crippen LogP contribution in [0, 0.1) is 12.8 Å². The summed E-state index contributed by atoms with van der Waals surface area (Å²) in [5.41, 5.74) is 3.42. The highest BCUT2D eigenvalue weighted by atomic mass is 16.5. The number of carbonyl (C=O) groups is 2. The maximum absolute atomic E-state index is 12.8. The lowest BCUT2D eigenvalue weighted by atomic mass is 10.0. The van der Waals surface area contributed by atoms with Gasteiger partial charge in [0.2, 0.25) is 11.8 Å². The van der Waals surface area contributed by atoms with Crippen LogP contribution >= 0.6 is 0 Å². The summed E-state index contributed by atoms with van der Waals surface area (Å²) in [7, 11) is 5.79. The number of ether oxygens (including phenoxy) is 1. The highest BCUT2D eigenvalue weighted by Gasteiger charge is 2.34. The van der Waals surface area contributed by atoms with Gasteiger partial charge in [-0.1, -0.05) is 29.8 Å². The fourth-order valence-electron chi connectivity index (χ4n) is 3.85. The third-order valence-corrected chi connectivity index (χ3v) is 5.77. The van der Waals surface area contributed by atoms with E-state index < -0.39 is 0 Å². The molecule has 2 aromatic rings. The van der Waals surface area contributed by atoms with Crippen LogP contribution in [0.1, 0.15) is 29.2 Å². The first-order valence-electron chi connectivity index (χ1n) is 10.4. The third kappa shape index (κ3) is 5.39. The average molecular weight is 411 g/mol. The largest absolute Gasteiger partial charge is 0.497 e. The molecule has 30 heavy (non-hydrogen) atoms. The number of quaternary nitrogens is 1. The molecule has 6 nitrogen and oxygen atoms in total. The van der Waals surface area contributed by atoms with E-state index >= 15 is 0 Å². The maximum atomic E-state index is 12.8. The monoisotopic (exact) mass is 410 g/mol. The number of rotatable bonds is 8. The molecule has 1 saturated heterocycles. The van der Waals surface area contributed by atoms with Gasteiger partial charge in [0.1, 0.15) is 11.8 Å². The molecule has 2 N–H and O–H groups in total. The van der Waals surface area contributed by atoms with Gasteiger partial charge in [0, 0.05) is 25.1 Å². The van der Waals surface area contributed by atoms with Crippen molar-refractivity contribution in [1.29, 1.82) is 0 Å². The minimum atomic E-state index is -0.295. The van der Waals surface area contributed by atoms with E-state index in [1.807, 2.05) is 55.5 Å². The average Bonchev–Trinajstić information content (AvgIpc) is 3.10. The van der Waals surface area contributed by atoms with Gasteiger partial charge in [-0.2, -0.15) is 0 Å². The Morgan fingerprint density at radius 1 is 1.17 bits per heavy atom. The Balaban J connectivity index is 1.56. The molecule has 0 aromatic heterocycles. The predicted molar refractivity (Wildman–Crippen MR) is 116 cm³/mol. The molecule has 0 aliphatic carbocycles. The summed E-state index contributed by atoms with van der Waals surface area (Å²) in [4.78, 5) is 28.2. The fourth-order valence-corrected chi connectivity index (χ4v) is 3.85. The van der Waals surface area contributed by atoms with Gasteiger partial charge in [0.15, 0.2) is 0 Å². The summed E-state index contributed by atoms with van der Waals surface area (Å²) in [6.45, 7) is 3.59. The van der Waals surface area contributed by atoms with Crippen molar-refractivity contribution in [3.8, 4) is 5.75 Å². The molecule has 6 heteroatoms. The van der Waals surface area contributed by atoms with Crippen LogP contribution in [0.5, 0.6) is 5.75 Å². The van der Waals surface area contributed by atoms with Crippen LogP contribution in [0.3, 0.4) is 0 Å². The van der Waals surface area contributed by atoms with Gasteiger partial charge in [-0.05, 0) is 36.8 Å². The lowest BCUT2D eigenvalue weighted by molar-refractivity contribution is -0.890. The molecule has 1 fully saturated rings. The highest BCUT2D eigenvalue weighted by Crippen LogP contribution is 2.21. The Morgan fingerprint density at radius 2 is 1.83 bits per heavy atom. The first-order chi connectivity index (χ1) is 14.4. The number of benzene rings is 2. The molecule has 1 aliphatic heterocycles.